The summed E-state index contributed by atoms with van der Waals surface area (Å²) in [5.74, 6) is -0.454. The van der Waals surface area contributed by atoms with E-state index in [2.05, 4.69) is 4.74 Å². The maximum absolute atomic E-state index is 12.5. The molecule has 1 aliphatic rings. The first-order valence-corrected chi connectivity index (χ1v) is 5.32. The molecule has 98 valence electrons. The second-order valence-corrected chi connectivity index (χ2v) is 4.04. The van der Waals surface area contributed by atoms with E-state index in [0.717, 1.165) is 12.1 Å². The lowest BCUT2D eigenvalue weighted by Gasteiger charge is -2.09. The number of hydrogen-bond acceptors (Lipinski definition) is 3. The highest BCUT2D eigenvalue weighted by atomic mass is 19.4. The van der Waals surface area contributed by atoms with E-state index in [0.29, 0.717) is 5.56 Å². The molecule has 3 nitrogen and oxygen atoms in total. The number of carbonyl (C=O) groups is 1. The molecule has 2 rings (SSSR count). The summed E-state index contributed by atoms with van der Waals surface area (Å²) >= 11 is 0. The van der Waals surface area contributed by atoms with E-state index in [-0.39, 0.29) is 24.7 Å². The molecule has 0 fully saturated rings. The van der Waals surface area contributed by atoms with Crippen molar-refractivity contribution >= 4 is 5.97 Å². The highest BCUT2D eigenvalue weighted by molar-refractivity contribution is 5.71. The zero-order chi connectivity index (χ0) is 13.3. The molecule has 0 saturated heterocycles. The van der Waals surface area contributed by atoms with Crippen LogP contribution in [0.4, 0.5) is 13.2 Å². The Morgan fingerprint density at radius 3 is 2.83 bits per heavy atom. The van der Waals surface area contributed by atoms with Crippen LogP contribution in [0.15, 0.2) is 18.2 Å². The molecule has 0 unspecified atom stereocenters. The fraction of sp³-hybridized carbons (Fsp3) is 0.417. The van der Waals surface area contributed by atoms with Gasteiger partial charge in [-0.25, -0.2) is 0 Å². The van der Waals surface area contributed by atoms with Crippen LogP contribution in [-0.2, 0) is 15.7 Å². The van der Waals surface area contributed by atoms with Gasteiger partial charge in [0.15, 0.2) is 0 Å². The van der Waals surface area contributed by atoms with E-state index < -0.39 is 17.7 Å². The van der Waals surface area contributed by atoms with Crippen molar-refractivity contribution < 1.29 is 27.4 Å². The van der Waals surface area contributed by atoms with Crippen molar-refractivity contribution in [2.75, 3.05) is 13.7 Å². The van der Waals surface area contributed by atoms with Crippen molar-refractivity contribution in [3.05, 3.63) is 29.3 Å². The molecular weight excluding hydrogens is 249 g/mol. The van der Waals surface area contributed by atoms with Gasteiger partial charge in [0, 0.05) is 11.5 Å². The summed E-state index contributed by atoms with van der Waals surface area (Å²) in [6.45, 7) is 0.200. The van der Waals surface area contributed by atoms with Gasteiger partial charge in [0.05, 0.1) is 25.7 Å². The van der Waals surface area contributed by atoms with Gasteiger partial charge in [0.25, 0.3) is 0 Å². The average molecular weight is 260 g/mol. The Morgan fingerprint density at radius 1 is 1.50 bits per heavy atom. The lowest BCUT2D eigenvalue weighted by atomic mass is 9.97. The normalized spacial score (nSPS) is 18.1. The maximum atomic E-state index is 12.5. The zero-order valence-electron chi connectivity index (χ0n) is 9.58. The lowest BCUT2D eigenvalue weighted by Crippen LogP contribution is -2.09. The Morgan fingerprint density at radius 2 is 2.22 bits per heavy atom. The van der Waals surface area contributed by atoms with Crippen molar-refractivity contribution in [1.29, 1.82) is 0 Å². The number of ether oxygens (including phenoxy) is 2. The number of methoxy groups -OCH3 is 1. The van der Waals surface area contributed by atoms with E-state index in [1.807, 2.05) is 0 Å². The molecule has 1 aliphatic heterocycles. The summed E-state index contributed by atoms with van der Waals surface area (Å²) in [6, 6.07) is 3.32. The van der Waals surface area contributed by atoms with Crippen LogP contribution in [-0.4, -0.2) is 19.7 Å². The standard InChI is InChI=1S/C12H11F3O3/c1-17-11(16)4-7-6-18-10-5-8(12(13,14)15)2-3-9(7)10/h2-3,5,7H,4,6H2,1H3/t7-/m1/s1. The van der Waals surface area contributed by atoms with E-state index in [4.69, 9.17) is 4.74 Å². The Balaban J connectivity index is 2.23. The predicted octanol–water partition coefficient (Wildman–Crippen LogP) is 2.74. The number of hydrogen-bond donors (Lipinski definition) is 0. The largest absolute Gasteiger partial charge is 0.493 e. The fourth-order valence-corrected chi connectivity index (χ4v) is 1.91. The number of alkyl halides is 3. The van der Waals surface area contributed by atoms with Crippen LogP contribution in [0.3, 0.4) is 0 Å². The van der Waals surface area contributed by atoms with Crippen LogP contribution in [0.25, 0.3) is 0 Å². The van der Waals surface area contributed by atoms with E-state index in [9.17, 15) is 18.0 Å². The minimum absolute atomic E-state index is 0.106. The highest BCUT2D eigenvalue weighted by Crippen LogP contribution is 2.40. The third-order valence-electron chi connectivity index (χ3n) is 2.86. The molecule has 0 amide bonds. The number of carbonyl (C=O) groups excluding carboxylic acids is 1. The first-order chi connectivity index (χ1) is 8.41. The van der Waals surface area contributed by atoms with Gasteiger partial charge in [-0.2, -0.15) is 13.2 Å². The minimum Gasteiger partial charge on any atom is -0.493 e. The van der Waals surface area contributed by atoms with Crippen molar-refractivity contribution in [3.63, 3.8) is 0 Å². The van der Waals surface area contributed by atoms with E-state index in [1.165, 1.54) is 13.2 Å². The predicted molar refractivity (Wildman–Crippen MR) is 56.3 cm³/mol. The monoisotopic (exact) mass is 260 g/mol. The minimum atomic E-state index is -4.39. The van der Waals surface area contributed by atoms with Crippen LogP contribution in [0, 0.1) is 0 Å². The molecule has 18 heavy (non-hydrogen) atoms. The van der Waals surface area contributed by atoms with Gasteiger partial charge < -0.3 is 9.47 Å². The van der Waals surface area contributed by atoms with Gasteiger partial charge >= 0.3 is 12.1 Å². The van der Waals surface area contributed by atoms with Crippen LogP contribution >= 0.6 is 0 Å². The summed E-state index contributed by atoms with van der Waals surface area (Å²) < 4.78 is 47.2. The Labute approximate surface area is 102 Å². The number of benzene rings is 1. The Bertz CT molecular complexity index is 468. The summed E-state index contributed by atoms with van der Waals surface area (Å²) in [6.07, 6.45) is -4.28. The van der Waals surface area contributed by atoms with E-state index >= 15 is 0 Å². The van der Waals surface area contributed by atoms with Gasteiger partial charge in [0.2, 0.25) is 0 Å². The molecule has 1 atom stereocenters. The average Bonchev–Trinajstić information content (AvgIpc) is 2.70. The summed E-state index contributed by atoms with van der Waals surface area (Å²) in [4.78, 5) is 11.1. The van der Waals surface area contributed by atoms with Gasteiger partial charge in [-0.1, -0.05) is 6.07 Å². The molecule has 0 N–H and O–H groups in total. The molecule has 0 aromatic heterocycles. The van der Waals surface area contributed by atoms with Crippen LogP contribution < -0.4 is 4.74 Å². The quantitative estimate of drug-likeness (QED) is 0.767. The van der Waals surface area contributed by atoms with Gasteiger partial charge in [-0.05, 0) is 12.1 Å². The number of esters is 1. The van der Waals surface area contributed by atoms with Crippen LogP contribution in [0.2, 0.25) is 0 Å². The second kappa shape index (κ2) is 4.51. The second-order valence-electron chi connectivity index (χ2n) is 4.04. The van der Waals surface area contributed by atoms with Gasteiger partial charge in [-0.3, -0.25) is 4.79 Å². The third-order valence-corrected chi connectivity index (χ3v) is 2.86. The van der Waals surface area contributed by atoms with Gasteiger partial charge in [-0.15, -0.1) is 0 Å². The number of fused-ring (bicyclic) bond motifs is 1. The third kappa shape index (κ3) is 2.42. The Hall–Kier alpha value is -1.72. The number of halogens is 3. The lowest BCUT2D eigenvalue weighted by molar-refractivity contribution is -0.141. The van der Waals surface area contributed by atoms with E-state index in [1.54, 1.807) is 0 Å². The molecule has 0 aliphatic carbocycles. The van der Waals surface area contributed by atoms with Crippen LogP contribution in [0.1, 0.15) is 23.5 Å². The smallest absolute Gasteiger partial charge is 0.416 e. The molecule has 1 heterocycles. The van der Waals surface area contributed by atoms with Crippen LogP contribution in [0.5, 0.6) is 5.75 Å². The zero-order valence-corrected chi connectivity index (χ0v) is 9.58. The molecule has 0 bridgehead atoms. The van der Waals surface area contributed by atoms with Crippen molar-refractivity contribution in [2.45, 2.75) is 18.5 Å². The van der Waals surface area contributed by atoms with Gasteiger partial charge in [0.1, 0.15) is 5.75 Å². The summed E-state index contributed by atoms with van der Waals surface area (Å²) in [5, 5.41) is 0. The van der Waals surface area contributed by atoms with Crippen molar-refractivity contribution in [1.82, 2.24) is 0 Å². The topological polar surface area (TPSA) is 35.5 Å². The maximum Gasteiger partial charge on any atom is 0.416 e. The first-order valence-electron chi connectivity index (χ1n) is 5.32. The summed E-state index contributed by atoms with van der Waals surface area (Å²) in [5.41, 5.74) is -0.131. The summed E-state index contributed by atoms with van der Waals surface area (Å²) in [7, 11) is 1.27. The van der Waals surface area contributed by atoms with Crippen molar-refractivity contribution in [3.8, 4) is 5.75 Å². The Kier molecular flexibility index (Phi) is 3.19. The van der Waals surface area contributed by atoms with Crippen molar-refractivity contribution in [2.24, 2.45) is 0 Å². The molecule has 1 aromatic carbocycles. The molecular formula is C12H11F3O3. The first kappa shape index (κ1) is 12.7. The highest BCUT2D eigenvalue weighted by Gasteiger charge is 2.34. The molecule has 0 spiro atoms. The SMILES string of the molecule is COC(=O)C[C@@H]1COc2cc(C(F)(F)F)ccc21. The molecule has 6 heteroatoms. The fourth-order valence-electron chi connectivity index (χ4n) is 1.91. The molecule has 0 saturated carbocycles. The number of rotatable bonds is 2. The molecule has 1 aromatic rings. The molecule has 0 radical (unpaired) electrons.